The summed E-state index contributed by atoms with van der Waals surface area (Å²) < 4.78 is 5.61. The minimum absolute atomic E-state index is 0.159. The molecule has 1 heterocycles. The van der Waals surface area contributed by atoms with Gasteiger partial charge in [0.15, 0.2) is 5.58 Å². The average molecular weight is 417 g/mol. The van der Waals surface area contributed by atoms with Gasteiger partial charge in [-0.2, -0.15) is 0 Å². The predicted molar refractivity (Wildman–Crippen MR) is 119 cm³/mol. The molecule has 0 aliphatic carbocycles. The number of benzene rings is 3. The SMILES string of the molecule is Cc1ccc(NC(=O)CSc2nc3ccccc3o2)cc1NC(=O)c1ccccc1. The van der Waals surface area contributed by atoms with Gasteiger partial charge in [-0.25, -0.2) is 4.98 Å². The number of amides is 2. The molecule has 2 amide bonds. The van der Waals surface area contributed by atoms with Crippen molar-refractivity contribution in [3.63, 3.8) is 0 Å². The van der Waals surface area contributed by atoms with Crippen LogP contribution in [0.2, 0.25) is 0 Å². The molecule has 30 heavy (non-hydrogen) atoms. The molecule has 0 saturated carbocycles. The van der Waals surface area contributed by atoms with Crippen LogP contribution in [0.4, 0.5) is 11.4 Å². The second-order valence-corrected chi connectivity index (χ2v) is 7.56. The van der Waals surface area contributed by atoms with Crippen molar-refractivity contribution in [1.29, 1.82) is 0 Å². The highest BCUT2D eigenvalue weighted by atomic mass is 32.2. The number of hydrogen-bond acceptors (Lipinski definition) is 5. The minimum Gasteiger partial charge on any atom is -0.431 e. The lowest BCUT2D eigenvalue weighted by molar-refractivity contribution is -0.113. The summed E-state index contributed by atoms with van der Waals surface area (Å²) in [6.45, 7) is 1.90. The van der Waals surface area contributed by atoms with Gasteiger partial charge in [0.2, 0.25) is 5.91 Å². The number of aromatic nitrogens is 1. The Bertz CT molecular complexity index is 1170. The molecule has 6 nitrogen and oxygen atoms in total. The molecule has 1 aromatic heterocycles. The molecular formula is C23H19N3O3S. The molecule has 4 rings (SSSR count). The maximum Gasteiger partial charge on any atom is 0.257 e. The van der Waals surface area contributed by atoms with Crippen LogP contribution in [0.25, 0.3) is 11.1 Å². The molecule has 3 aromatic carbocycles. The fourth-order valence-electron chi connectivity index (χ4n) is 2.86. The number of aryl methyl sites for hydroxylation is 1. The maximum absolute atomic E-state index is 12.4. The van der Waals surface area contributed by atoms with Crippen molar-refractivity contribution in [3.8, 4) is 0 Å². The summed E-state index contributed by atoms with van der Waals surface area (Å²) in [6, 6.07) is 21.8. The molecule has 0 aliphatic heterocycles. The standard InChI is InChI=1S/C23H19N3O3S/c1-15-11-12-17(13-19(15)25-22(28)16-7-3-2-4-8-16)24-21(27)14-30-23-26-18-9-5-6-10-20(18)29-23/h2-13H,14H2,1H3,(H,24,27)(H,25,28). The molecule has 0 unspecified atom stereocenters. The summed E-state index contributed by atoms with van der Waals surface area (Å²) in [5.74, 6) is -0.230. The van der Waals surface area contributed by atoms with Gasteiger partial charge in [-0.15, -0.1) is 0 Å². The molecule has 0 bridgehead atoms. The van der Waals surface area contributed by atoms with Crippen molar-refractivity contribution in [2.45, 2.75) is 12.1 Å². The second kappa shape index (κ2) is 8.84. The van der Waals surface area contributed by atoms with E-state index in [4.69, 9.17) is 4.42 Å². The van der Waals surface area contributed by atoms with Gasteiger partial charge >= 0.3 is 0 Å². The first-order valence-electron chi connectivity index (χ1n) is 9.34. The van der Waals surface area contributed by atoms with Gasteiger partial charge < -0.3 is 15.1 Å². The number of para-hydroxylation sites is 2. The molecule has 0 fully saturated rings. The topological polar surface area (TPSA) is 84.2 Å². The van der Waals surface area contributed by atoms with Gasteiger partial charge in [0.05, 0.1) is 5.75 Å². The normalized spacial score (nSPS) is 10.7. The van der Waals surface area contributed by atoms with E-state index in [0.29, 0.717) is 27.7 Å². The third-order valence-corrected chi connectivity index (χ3v) is 5.23. The fraction of sp³-hybridized carbons (Fsp3) is 0.0870. The maximum atomic E-state index is 12.4. The molecule has 0 atom stereocenters. The Labute approximate surface area is 177 Å². The second-order valence-electron chi connectivity index (χ2n) is 6.63. The summed E-state index contributed by atoms with van der Waals surface area (Å²) in [6.07, 6.45) is 0. The molecule has 150 valence electrons. The molecular weight excluding hydrogens is 398 g/mol. The predicted octanol–water partition coefficient (Wildman–Crippen LogP) is 5.12. The van der Waals surface area contributed by atoms with E-state index < -0.39 is 0 Å². The zero-order valence-corrected chi connectivity index (χ0v) is 17.0. The largest absolute Gasteiger partial charge is 0.431 e. The van der Waals surface area contributed by atoms with Crippen molar-refractivity contribution < 1.29 is 14.0 Å². The lowest BCUT2D eigenvalue weighted by atomic mass is 10.1. The van der Waals surface area contributed by atoms with E-state index in [2.05, 4.69) is 15.6 Å². The number of carbonyl (C=O) groups is 2. The van der Waals surface area contributed by atoms with Gasteiger partial charge in [-0.05, 0) is 48.9 Å². The highest BCUT2D eigenvalue weighted by molar-refractivity contribution is 7.99. The Morgan fingerprint density at radius 2 is 1.73 bits per heavy atom. The molecule has 7 heteroatoms. The van der Waals surface area contributed by atoms with Crippen LogP contribution < -0.4 is 10.6 Å². The third-order valence-electron chi connectivity index (χ3n) is 4.41. The Kier molecular flexibility index (Phi) is 5.81. The number of fused-ring (bicyclic) bond motifs is 1. The van der Waals surface area contributed by atoms with E-state index in [1.807, 2.05) is 55.5 Å². The highest BCUT2D eigenvalue weighted by Crippen LogP contribution is 2.24. The minimum atomic E-state index is -0.200. The first-order valence-corrected chi connectivity index (χ1v) is 10.3. The van der Waals surface area contributed by atoms with E-state index in [1.165, 1.54) is 11.8 Å². The third kappa shape index (κ3) is 4.69. The van der Waals surface area contributed by atoms with Gasteiger partial charge in [0, 0.05) is 16.9 Å². The monoisotopic (exact) mass is 417 g/mol. The van der Waals surface area contributed by atoms with Crippen LogP contribution in [-0.2, 0) is 4.79 Å². The molecule has 0 aliphatic rings. The lowest BCUT2D eigenvalue weighted by Gasteiger charge is -2.11. The van der Waals surface area contributed by atoms with Gasteiger partial charge in [0.1, 0.15) is 5.52 Å². The Balaban J connectivity index is 1.38. The van der Waals surface area contributed by atoms with Crippen molar-refractivity contribution in [3.05, 3.63) is 83.9 Å². The first-order chi connectivity index (χ1) is 14.6. The summed E-state index contributed by atoms with van der Waals surface area (Å²) >= 11 is 1.23. The van der Waals surface area contributed by atoms with Crippen LogP contribution in [0.5, 0.6) is 0 Å². The van der Waals surface area contributed by atoms with Crippen molar-refractivity contribution in [2.75, 3.05) is 16.4 Å². The van der Waals surface area contributed by atoms with E-state index in [1.54, 1.807) is 24.3 Å². The lowest BCUT2D eigenvalue weighted by Crippen LogP contribution is -2.15. The van der Waals surface area contributed by atoms with Gasteiger partial charge in [-0.1, -0.05) is 48.2 Å². The first kappa shape index (κ1) is 19.7. The zero-order chi connectivity index (χ0) is 20.9. The molecule has 0 spiro atoms. The van der Waals surface area contributed by atoms with E-state index in [9.17, 15) is 9.59 Å². The van der Waals surface area contributed by atoms with Gasteiger partial charge in [0.25, 0.3) is 11.1 Å². The van der Waals surface area contributed by atoms with Crippen molar-refractivity contribution in [1.82, 2.24) is 4.98 Å². The number of anilines is 2. The summed E-state index contributed by atoms with van der Waals surface area (Å²) in [5, 5.41) is 6.19. The summed E-state index contributed by atoms with van der Waals surface area (Å²) in [4.78, 5) is 29.1. The van der Waals surface area contributed by atoms with Crippen molar-refractivity contribution >= 4 is 46.1 Å². The number of hydrogen-bond donors (Lipinski definition) is 2. The van der Waals surface area contributed by atoms with Crippen LogP contribution in [-0.4, -0.2) is 22.6 Å². The highest BCUT2D eigenvalue weighted by Gasteiger charge is 2.11. The van der Waals surface area contributed by atoms with Crippen LogP contribution in [0, 0.1) is 6.92 Å². The molecule has 4 aromatic rings. The average Bonchev–Trinajstić information content (AvgIpc) is 3.18. The zero-order valence-electron chi connectivity index (χ0n) is 16.2. The van der Waals surface area contributed by atoms with E-state index in [0.717, 1.165) is 11.1 Å². The van der Waals surface area contributed by atoms with E-state index in [-0.39, 0.29) is 17.6 Å². The summed E-state index contributed by atoms with van der Waals surface area (Å²) in [7, 11) is 0. The number of thioether (sulfide) groups is 1. The number of nitrogens with zero attached hydrogens (tertiary/aromatic N) is 1. The fourth-order valence-corrected chi connectivity index (χ4v) is 3.49. The van der Waals surface area contributed by atoms with Crippen molar-refractivity contribution in [2.24, 2.45) is 0 Å². The Hall–Kier alpha value is -3.58. The summed E-state index contributed by atoms with van der Waals surface area (Å²) in [5.41, 5.74) is 4.18. The Morgan fingerprint density at radius 1 is 0.967 bits per heavy atom. The Morgan fingerprint density at radius 3 is 2.53 bits per heavy atom. The molecule has 2 N–H and O–H groups in total. The number of carbonyl (C=O) groups excluding carboxylic acids is 2. The molecule has 0 radical (unpaired) electrons. The smallest absolute Gasteiger partial charge is 0.257 e. The quantitative estimate of drug-likeness (QED) is 0.426. The number of rotatable bonds is 6. The van der Waals surface area contributed by atoms with E-state index >= 15 is 0 Å². The van der Waals surface area contributed by atoms with Gasteiger partial charge in [-0.3, -0.25) is 9.59 Å². The van der Waals surface area contributed by atoms with Crippen LogP contribution >= 0.6 is 11.8 Å². The van der Waals surface area contributed by atoms with Crippen LogP contribution in [0.3, 0.4) is 0 Å². The van der Waals surface area contributed by atoms with Crippen LogP contribution in [0.15, 0.2) is 82.4 Å². The molecule has 0 saturated heterocycles. The van der Waals surface area contributed by atoms with Crippen LogP contribution in [0.1, 0.15) is 15.9 Å². The number of oxazole rings is 1. The number of nitrogens with one attached hydrogen (secondary N) is 2.